The van der Waals surface area contributed by atoms with Gasteiger partial charge >= 0.3 is 5.97 Å². The lowest BCUT2D eigenvalue weighted by atomic mass is 10.0. The number of nitrogens with one attached hydrogen (secondary N) is 2. The van der Waals surface area contributed by atoms with Crippen LogP contribution in [0.4, 0.5) is 5.69 Å². The fourth-order valence-corrected chi connectivity index (χ4v) is 5.54. The minimum atomic E-state index is -3.84. The van der Waals surface area contributed by atoms with Crippen molar-refractivity contribution in [1.29, 1.82) is 0 Å². The molecular formula is C33H26ClN3O7S. The van der Waals surface area contributed by atoms with Crippen LogP contribution in [0.15, 0.2) is 113 Å². The number of ether oxygens (including phenoxy) is 3. The summed E-state index contributed by atoms with van der Waals surface area (Å²) in [6, 6.07) is 27.2. The van der Waals surface area contributed by atoms with Gasteiger partial charge in [0.2, 0.25) is 0 Å². The molecule has 10 nitrogen and oxygen atoms in total. The van der Waals surface area contributed by atoms with E-state index >= 15 is 0 Å². The molecule has 0 aliphatic rings. The van der Waals surface area contributed by atoms with Crippen molar-refractivity contribution in [3.8, 4) is 17.2 Å². The highest BCUT2D eigenvalue weighted by Gasteiger charge is 2.17. The number of fused-ring (bicyclic) bond motifs is 1. The number of amides is 1. The van der Waals surface area contributed by atoms with Gasteiger partial charge in [0.25, 0.3) is 15.9 Å². The first-order chi connectivity index (χ1) is 21.7. The van der Waals surface area contributed by atoms with Crippen molar-refractivity contribution in [3.63, 3.8) is 0 Å². The summed E-state index contributed by atoms with van der Waals surface area (Å²) >= 11 is 5.84. The van der Waals surface area contributed by atoms with Gasteiger partial charge in [-0.25, -0.2) is 18.6 Å². The Bertz CT molecular complexity index is 2010. The van der Waals surface area contributed by atoms with Crippen molar-refractivity contribution in [3.05, 3.63) is 125 Å². The van der Waals surface area contributed by atoms with E-state index in [0.717, 1.165) is 10.8 Å². The van der Waals surface area contributed by atoms with Gasteiger partial charge in [-0.05, 0) is 83.6 Å². The minimum Gasteiger partial charge on any atom is -0.493 e. The van der Waals surface area contributed by atoms with Crippen LogP contribution in [0.2, 0.25) is 5.02 Å². The van der Waals surface area contributed by atoms with Gasteiger partial charge in [-0.15, -0.1) is 0 Å². The molecule has 5 aromatic carbocycles. The van der Waals surface area contributed by atoms with Gasteiger partial charge in [-0.1, -0.05) is 41.9 Å². The molecule has 12 heteroatoms. The second-order valence-corrected chi connectivity index (χ2v) is 11.6. The average molecular weight is 644 g/mol. The number of methoxy groups -OCH3 is 2. The standard InChI is InChI=1S/C33H26ClN3O7S/c1-42-30-18-10-23(19-31(30)43-2)33(39)44-29-17-9-21-5-3-4-6-27(21)28(29)20-35-36-32(38)22-7-13-25(14-8-22)37-45(40,41)26-15-11-24(34)12-16-26/h3-20,37H,1-2H3,(H,36,38)/b35-20-. The van der Waals surface area contributed by atoms with Crippen LogP contribution < -0.4 is 24.4 Å². The number of carbonyl (C=O) groups excluding carboxylic acids is 2. The Morgan fingerprint density at radius 1 is 0.778 bits per heavy atom. The molecule has 0 aromatic heterocycles. The number of sulfonamides is 1. The van der Waals surface area contributed by atoms with Crippen LogP contribution in [-0.4, -0.2) is 40.7 Å². The molecule has 0 radical (unpaired) electrons. The van der Waals surface area contributed by atoms with E-state index in [1.54, 1.807) is 18.2 Å². The van der Waals surface area contributed by atoms with Crippen molar-refractivity contribution < 1.29 is 32.2 Å². The summed E-state index contributed by atoms with van der Waals surface area (Å²) in [7, 11) is -0.875. The van der Waals surface area contributed by atoms with Gasteiger partial charge < -0.3 is 14.2 Å². The maximum Gasteiger partial charge on any atom is 0.343 e. The number of rotatable bonds is 10. The highest BCUT2D eigenvalue weighted by molar-refractivity contribution is 7.92. The summed E-state index contributed by atoms with van der Waals surface area (Å²) in [6.45, 7) is 0. The van der Waals surface area contributed by atoms with E-state index in [4.69, 9.17) is 25.8 Å². The Hall–Kier alpha value is -5.39. The summed E-state index contributed by atoms with van der Waals surface area (Å²) in [5.41, 5.74) is 3.67. The predicted molar refractivity (Wildman–Crippen MR) is 172 cm³/mol. The normalized spacial score (nSPS) is 11.3. The highest BCUT2D eigenvalue weighted by Crippen LogP contribution is 2.30. The van der Waals surface area contributed by atoms with E-state index < -0.39 is 21.9 Å². The molecule has 0 atom stereocenters. The van der Waals surface area contributed by atoms with E-state index in [-0.39, 0.29) is 27.5 Å². The third-order valence-corrected chi connectivity index (χ3v) is 8.28. The van der Waals surface area contributed by atoms with Crippen molar-refractivity contribution in [2.24, 2.45) is 5.10 Å². The summed E-state index contributed by atoms with van der Waals surface area (Å²) in [5.74, 6) is -0.0953. The molecule has 0 unspecified atom stereocenters. The van der Waals surface area contributed by atoms with Crippen molar-refractivity contribution in [2.45, 2.75) is 4.90 Å². The van der Waals surface area contributed by atoms with E-state index in [0.29, 0.717) is 22.1 Å². The molecule has 0 fully saturated rings. The Morgan fingerprint density at radius 2 is 1.44 bits per heavy atom. The number of halogens is 1. The van der Waals surface area contributed by atoms with Crippen LogP contribution in [0.5, 0.6) is 17.2 Å². The molecule has 5 rings (SSSR count). The maximum absolute atomic E-state index is 13.1. The molecular weight excluding hydrogens is 618 g/mol. The molecule has 0 saturated heterocycles. The first kappa shape index (κ1) is 31.0. The third-order valence-electron chi connectivity index (χ3n) is 6.64. The molecule has 0 bridgehead atoms. The average Bonchev–Trinajstić information content (AvgIpc) is 3.05. The SMILES string of the molecule is COc1ccc(C(=O)Oc2ccc3ccccc3c2/C=N\NC(=O)c2ccc(NS(=O)(=O)c3ccc(Cl)cc3)cc2)cc1OC. The maximum atomic E-state index is 13.1. The predicted octanol–water partition coefficient (Wildman–Crippen LogP) is 6.29. The van der Waals surface area contributed by atoms with Gasteiger partial charge in [0.1, 0.15) is 5.75 Å². The lowest BCUT2D eigenvalue weighted by Gasteiger charge is -2.12. The molecule has 45 heavy (non-hydrogen) atoms. The topological polar surface area (TPSA) is 132 Å². The smallest absolute Gasteiger partial charge is 0.343 e. The lowest BCUT2D eigenvalue weighted by Crippen LogP contribution is -2.18. The highest BCUT2D eigenvalue weighted by atomic mass is 35.5. The fraction of sp³-hybridized carbons (Fsp3) is 0.0606. The molecule has 0 heterocycles. The molecule has 228 valence electrons. The summed E-state index contributed by atoms with van der Waals surface area (Å²) in [4.78, 5) is 25.9. The summed E-state index contributed by atoms with van der Waals surface area (Å²) in [6.07, 6.45) is 1.39. The Balaban J connectivity index is 1.32. The number of hydrogen-bond donors (Lipinski definition) is 2. The zero-order chi connectivity index (χ0) is 32.0. The van der Waals surface area contributed by atoms with E-state index in [1.807, 2.05) is 30.3 Å². The van der Waals surface area contributed by atoms with E-state index in [2.05, 4.69) is 15.2 Å². The number of nitrogens with zero attached hydrogens (tertiary/aromatic N) is 1. The first-order valence-electron chi connectivity index (χ1n) is 13.4. The first-order valence-corrected chi connectivity index (χ1v) is 15.2. The van der Waals surface area contributed by atoms with E-state index in [1.165, 1.54) is 75.0 Å². The Kier molecular flexibility index (Phi) is 9.31. The van der Waals surface area contributed by atoms with Crippen LogP contribution in [0.25, 0.3) is 10.8 Å². The minimum absolute atomic E-state index is 0.0465. The number of hydrogen-bond acceptors (Lipinski definition) is 8. The number of anilines is 1. The number of esters is 1. The van der Waals surface area contributed by atoms with Gasteiger partial charge in [0.05, 0.1) is 30.9 Å². The molecule has 5 aromatic rings. The number of hydrazone groups is 1. The van der Waals surface area contributed by atoms with Crippen molar-refractivity contribution in [1.82, 2.24) is 5.43 Å². The number of benzene rings is 5. The van der Waals surface area contributed by atoms with Crippen molar-refractivity contribution in [2.75, 3.05) is 18.9 Å². The quantitative estimate of drug-likeness (QED) is 0.0790. The second-order valence-electron chi connectivity index (χ2n) is 9.49. The zero-order valence-corrected chi connectivity index (χ0v) is 25.6. The van der Waals surface area contributed by atoms with Crippen LogP contribution in [0.1, 0.15) is 26.3 Å². The van der Waals surface area contributed by atoms with Crippen molar-refractivity contribution >= 4 is 56.2 Å². The Labute approximate surface area is 264 Å². The van der Waals surface area contributed by atoms with Crippen LogP contribution in [0, 0.1) is 0 Å². The monoisotopic (exact) mass is 643 g/mol. The van der Waals surface area contributed by atoms with Gasteiger partial charge in [-0.2, -0.15) is 5.10 Å². The van der Waals surface area contributed by atoms with Crippen LogP contribution in [-0.2, 0) is 10.0 Å². The molecule has 0 saturated carbocycles. The molecule has 0 aliphatic heterocycles. The van der Waals surface area contributed by atoms with Gasteiger partial charge in [0, 0.05) is 21.8 Å². The number of carbonyl (C=O) groups is 2. The molecule has 0 spiro atoms. The molecule has 2 N–H and O–H groups in total. The molecule has 0 aliphatic carbocycles. The summed E-state index contributed by atoms with van der Waals surface area (Å²) in [5, 5.41) is 6.14. The lowest BCUT2D eigenvalue weighted by molar-refractivity contribution is 0.0734. The van der Waals surface area contributed by atoms with Crippen LogP contribution >= 0.6 is 11.6 Å². The van der Waals surface area contributed by atoms with Gasteiger partial charge in [-0.3, -0.25) is 9.52 Å². The zero-order valence-electron chi connectivity index (χ0n) is 24.0. The second kappa shape index (κ2) is 13.5. The molecule has 1 amide bonds. The fourth-order valence-electron chi connectivity index (χ4n) is 4.36. The van der Waals surface area contributed by atoms with E-state index in [9.17, 15) is 18.0 Å². The van der Waals surface area contributed by atoms with Crippen LogP contribution in [0.3, 0.4) is 0 Å². The third kappa shape index (κ3) is 7.23. The summed E-state index contributed by atoms with van der Waals surface area (Å²) < 4.78 is 44.0. The largest absolute Gasteiger partial charge is 0.493 e. The van der Waals surface area contributed by atoms with Gasteiger partial charge in [0.15, 0.2) is 11.5 Å². The Morgan fingerprint density at radius 3 is 2.16 bits per heavy atom.